The summed E-state index contributed by atoms with van der Waals surface area (Å²) in [7, 11) is 0. The van der Waals surface area contributed by atoms with E-state index in [1.54, 1.807) is 16.7 Å². The highest BCUT2D eigenvalue weighted by Gasteiger charge is 2.26. The predicted molar refractivity (Wildman–Crippen MR) is 81.0 cm³/mol. The van der Waals surface area contributed by atoms with Gasteiger partial charge in [0.1, 0.15) is 0 Å². The van der Waals surface area contributed by atoms with Crippen molar-refractivity contribution in [2.45, 2.75) is 11.8 Å². The fourth-order valence-electron chi connectivity index (χ4n) is 2.05. The van der Waals surface area contributed by atoms with E-state index in [0.717, 1.165) is 11.3 Å². The first-order chi connectivity index (χ1) is 9.70. The maximum absolute atomic E-state index is 12.1. The van der Waals surface area contributed by atoms with E-state index in [-0.39, 0.29) is 18.6 Å². The molecule has 1 heterocycles. The van der Waals surface area contributed by atoms with Crippen molar-refractivity contribution in [3.63, 3.8) is 0 Å². The Morgan fingerprint density at radius 2 is 2.20 bits per heavy atom. The van der Waals surface area contributed by atoms with E-state index < -0.39 is 0 Å². The van der Waals surface area contributed by atoms with Crippen LogP contribution in [0.2, 0.25) is 5.02 Å². The van der Waals surface area contributed by atoms with Crippen LogP contribution in [0.25, 0.3) is 0 Å². The van der Waals surface area contributed by atoms with Crippen molar-refractivity contribution in [1.82, 2.24) is 4.90 Å². The number of thioether (sulfide) groups is 1. The normalized spacial score (nSPS) is 19.1. The summed E-state index contributed by atoms with van der Waals surface area (Å²) in [5.74, 6) is 1.25. The number of rotatable bonds is 5. The maximum Gasteiger partial charge on any atom is 0.233 e. The van der Waals surface area contributed by atoms with Gasteiger partial charge in [-0.1, -0.05) is 23.7 Å². The third-order valence-corrected chi connectivity index (χ3v) is 4.41. The van der Waals surface area contributed by atoms with Crippen molar-refractivity contribution < 1.29 is 14.6 Å². The molecule has 0 saturated carbocycles. The van der Waals surface area contributed by atoms with Gasteiger partial charge in [-0.05, 0) is 17.7 Å². The Labute approximate surface area is 128 Å². The number of hydrogen-bond donors (Lipinski definition) is 1. The summed E-state index contributed by atoms with van der Waals surface area (Å²) in [6.45, 7) is 1.48. The van der Waals surface area contributed by atoms with Crippen LogP contribution in [0.15, 0.2) is 24.3 Å². The van der Waals surface area contributed by atoms with Crippen molar-refractivity contribution in [2.75, 3.05) is 32.1 Å². The summed E-state index contributed by atoms with van der Waals surface area (Å²) < 4.78 is 5.27. The smallest absolute Gasteiger partial charge is 0.233 e. The molecule has 2 rings (SSSR count). The molecule has 0 radical (unpaired) electrons. The molecular weight excluding hydrogens is 298 g/mol. The van der Waals surface area contributed by atoms with E-state index in [1.807, 2.05) is 24.3 Å². The second-order valence-electron chi connectivity index (χ2n) is 4.62. The molecular formula is C14H18ClNO3S. The van der Waals surface area contributed by atoms with Gasteiger partial charge in [-0.3, -0.25) is 4.79 Å². The van der Waals surface area contributed by atoms with Crippen LogP contribution in [0.3, 0.4) is 0 Å². The standard InChI is InChI=1S/C14H18ClNO3S/c15-12-3-1-11(2-4-12)9-20-10-14(18)16-5-6-19-8-13(16)7-17/h1-4,13,17H,5-10H2. The Morgan fingerprint density at radius 1 is 1.45 bits per heavy atom. The van der Waals surface area contributed by atoms with E-state index in [1.165, 1.54) is 0 Å². The van der Waals surface area contributed by atoms with Gasteiger partial charge in [0.05, 0.1) is 31.6 Å². The maximum atomic E-state index is 12.1. The fraction of sp³-hybridized carbons (Fsp3) is 0.500. The lowest BCUT2D eigenvalue weighted by molar-refractivity contribution is -0.138. The summed E-state index contributed by atoms with van der Waals surface area (Å²) in [5.41, 5.74) is 1.15. The Kier molecular flexibility index (Phi) is 6.16. The lowest BCUT2D eigenvalue weighted by Gasteiger charge is -2.34. The van der Waals surface area contributed by atoms with E-state index >= 15 is 0 Å². The predicted octanol–water partition coefficient (Wildman–Crippen LogP) is 1.79. The molecule has 110 valence electrons. The van der Waals surface area contributed by atoms with Crippen molar-refractivity contribution >= 4 is 29.3 Å². The molecule has 1 saturated heterocycles. The molecule has 1 unspecified atom stereocenters. The van der Waals surface area contributed by atoms with Gasteiger partial charge in [0.25, 0.3) is 0 Å². The Balaban J connectivity index is 1.78. The molecule has 1 N–H and O–H groups in total. The van der Waals surface area contributed by atoms with Crippen molar-refractivity contribution in [2.24, 2.45) is 0 Å². The first-order valence-electron chi connectivity index (χ1n) is 6.51. The lowest BCUT2D eigenvalue weighted by atomic mass is 10.2. The second-order valence-corrected chi connectivity index (χ2v) is 6.04. The molecule has 6 heteroatoms. The number of aliphatic hydroxyl groups excluding tert-OH is 1. The molecule has 0 aliphatic carbocycles. The minimum atomic E-state index is -0.201. The molecule has 1 fully saturated rings. The highest BCUT2D eigenvalue weighted by atomic mass is 35.5. The van der Waals surface area contributed by atoms with Crippen molar-refractivity contribution in [3.8, 4) is 0 Å². The first kappa shape index (κ1) is 15.6. The van der Waals surface area contributed by atoms with Gasteiger partial charge in [-0.15, -0.1) is 11.8 Å². The lowest BCUT2D eigenvalue weighted by Crippen LogP contribution is -2.51. The van der Waals surface area contributed by atoms with E-state index in [4.69, 9.17) is 16.3 Å². The molecule has 20 heavy (non-hydrogen) atoms. The molecule has 0 aromatic heterocycles. The third kappa shape index (κ3) is 4.38. The number of benzene rings is 1. The van der Waals surface area contributed by atoms with E-state index in [0.29, 0.717) is 30.5 Å². The van der Waals surface area contributed by atoms with Crippen LogP contribution in [-0.4, -0.2) is 54.1 Å². The molecule has 0 spiro atoms. The van der Waals surface area contributed by atoms with E-state index in [2.05, 4.69) is 0 Å². The van der Waals surface area contributed by atoms with Crippen molar-refractivity contribution in [3.05, 3.63) is 34.9 Å². The molecule has 1 atom stereocenters. The number of aliphatic hydroxyl groups is 1. The number of ether oxygens (including phenoxy) is 1. The fourth-order valence-corrected chi connectivity index (χ4v) is 3.05. The van der Waals surface area contributed by atoms with Gasteiger partial charge < -0.3 is 14.7 Å². The van der Waals surface area contributed by atoms with Crippen molar-refractivity contribution in [1.29, 1.82) is 0 Å². The molecule has 0 bridgehead atoms. The average molecular weight is 316 g/mol. The SMILES string of the molecule is O=C(CSCc1ccc(Cl)cc1)N1CCOCC1CO. The van der Waals surface area contributed by atoms with Crippen LogP contribution >= 0.6 is 23.4 Å². The Morgan fingerprint density at radius 3 is 2.90 bits per heavy atom. The third-order valence-electron chi connectivity index (χ3n) is 3.17. The molecule has 1 amide bonds. The zero-order valence-electron chi connectivity index (χ0n) is 11.1. The minimum Gasteiger partial charge on any atom is -0.394 e. The summed E-state index contributed by atoms with van der Waals surface area (Å²) in [6.07, 6.45) is 0. The Bertz CT molecular complexity index is 441. The van der Waals surface area contributed by atoms with Gasteiger partial charge in [-0.2, -0.15) is 0 Å². The quantitative estimate of drug-likeness (QED) is 0.900. The highest BCUT2D eigenvalue weighted by Crippen LogP contribution is 2.17. The topological polar surface area (TPSA) is 49.8 Å². The van der Waals surface area contributed by atoms with Crippen LogP contribution in [0.4, 0.5) is 0 Å². The highest BCUT2D eigenvalue weighted by molar-refractivity contribution is 7.99. The van der Waals surface area contributed by atoms with Gasteiger partial charge in [0.2, 0.25) is 5.91 Å². The molecule has 4 nitrogen and oxygen atoms in total. The van der Waals surface area contributed by atoms with Crippen LogP contribution in [0, 0.1) is 0 Å². The number of halogens is 1. The molecule has 1 aliphatic rings. The van der Waals surface area contributed by atoms with Gasteiger partial charge in [0.15, 0.2) is 0 Å². The second kappa shape index (κ2) is 7.88. The van der Waals surface area contributed by atoms with Gasteiger partial charge >= 0.3 is 0 Å². The van der Waals surface area contributed by atoms with Crippen LogP contribution in [0.5, 0.6) is 0 Å². The van der Waals surface area contributed by atoms with Gasteiger partial charge in [0, 0.05) is 17.3 Å². The molecule has 1 aliphatic heterocycles. The number of carbonyl (C=O) groups is 1. The Hall–Kier alpha value is -0.750. The number of amides is 1. The average Bonchev–Trinajstić information content (AvgIpc) is 2.49. The summed E-state index contributed by atoms with van der Waals surface area (Å²) in [6, 6.07) is 7.43. The van der Waals surface area contributed by atoms with Crippen LogP contribution in [0.1, 0.15) is 5.56 Å². The number of hydrogen-bond acceptors (Lipinski definition) is 4. The van der Waals surface area contributed by atoms with E-state index in [9.17, 15) is 9.90 Å². The number of carbonyl (C=O) groups excluding carboxylic acids is 1. The zero-order chi connectivity index (χ0) is 14.4. The summed E-state index contributed by atoms with van der Waals surface area (Å²) in [5, 5.41) is 9.96. The van der Waals surface area contributed by atoms with Crippen LogP contribution in [-0.2, 0) is 15.3 Å². The monoisotopic (exact) mass is 315 g/mol. The number of nitrogens with zero attached hydrogens (tertiary/aromatic N) is 1. The number of morpholine rings is 1. The zero-order valence-corrected chi connectivity index (χ0v) is 12.7. The van der Waals surface area contributed by atoms with Gasteiger partial charge in [-0.25, -0.2) is 0 Å². The molecule has 1 aromatic carbocycles. The minimum absolute atomic E-state index is 0.0480. The van der Waals surface area contributed by atoms with Crippen LogP contribution < -0.4 is 0 Å². The molecule has 1 aromatic rings. The largest absolute Gasteiger partial charge is 0.394 e. The summed E-state index contributed by atoms with van der Waals surface area (Å²) >= 11 is 7.40. The summed E-state index contributed by atoms with van der Waals surface area (Å²) in [4.78, 5) is 13.8. The first-order valence-corrected chi connectivity index (χ1v) is 8.04.